The van der Waals surface area contributed by atoms with Gasteiger partial charge < -0.3 is 10.2 Å². The number of thioether (sulfide) groups is 1. The Labute approximate surface area is 198 Å². The lowest BCUT2D eigenvalue weighted by Crippen LogP contribution is -2.43. The van der Waals surface area contributed by atoms with Gasteiger partial charge in [0, 0.05) is 23.7 Å². The average molecular weight is 467 g/mol. The molecule has 33 heavy (non-hydrogen) atoms. The van der Waals surface area contributed by atoms with Crippen molar-refractivity contribution in [2.45, 2.75) is 44.6 Å². The van der Waals surface area contributed by atoms with Crippen LogP contribution in [0.25, 0.3) is 0 Å². The van der Waals surface area contributed by atoms with E-state index >= 15 is 0 Å². The Balaban J connectivity index is 1.56. The van der Waals surface area contributed by atoms with Crippen LogP contribution in [0.15, 0.2) is 72.1 Å². The lowest BCUT2D eigenvalue weighted by molar-refractivity contribution is -0.612. The minimum atomic E-state index is -0.815. The smallest absolute Gasteiger partial charge is 0.303 e. The fraction of sp³-hybridized carbons (Fsp3) is 0.385. The number of benzene rings is 2. The summed E-state index contributed by atoms with van der Waals surface area (Å²) < 4.78 is 1.14. The van der Waals surface area contributed by atoms with Crippen molar-refractivity contribution in [1.29, 1.82) is 5.53 Å². The van der Waals surface area contributed by atoms with Crippen LogP contribution in [0.1, 0.15) is 54.4 Å². The molecule has 2 aromatic rings. The maximum Gasteiger partial charge on any atom is 0.303 e. The summed E-state index contributed by atoms with van der Waals surface area (Å²) in [7, 11) is 0. The molecule has 0 radical (unpaired) electrons. The predicted octanol–water partition coefficient (Wildman–Crippen LogP) is 4.66. The first-order valence-corrected chi connectivity index (χ1v) is 12.4. The van der Waals surface area contributed by atoms with Gasteiger partial charge in [0.25, 0.3) is 0 Å². The molecule has 3 rings (SSSR count). The molecule has 0 bridgehead atoms. The minimum Gasteiger partial charge on any atom is -0.871 e. The highest BCUT2D eigenvalue weighted by Crippen LogP contribution is 2.31. The van der Waals surface area contributed by atoms with E-state index < -0.39 is 12.0 Å². The van der Waals surface area contributed by atoms with Crippen LogP contribution in [0, 0.1) is 11.4 Å². The fourth-order valence-corrected chi connectivity index (χ4v) is 5.30. The zero-order valence-electron chi connectivity index (χ0n) is 18.8. The number of hydrogen-bond donors (Lipinski definition) is 2. The molecule has 2 aromatic carbocycles. The van der Waals surface area contributed by atoms with Gasteiger partial charge in [-0.3, -0.25) is 9.59 Å². The van der Waals surface area contributed by atoms with E-state index in [4.69, 9.17) is 5.53 Å². The Morgan fingerprint density at radius 2 is 1.76 bits per heavy atom. The van der Waals surface area contributed by atoms with Crippen molar-refractivity contribution < 1.29 is 24.5 Å². The maximum atomic E-state index is 13.0. The first-order chi connectivity index (χ1) is 15.9. The molecule has 0 fully saturated rings. The molecule has 0 saturated heterocycles. The van der Waals surface area contributed by atoms with Crippen molar-refractivity contribution >= 4 is 23.5 Å². The van der Waals surface area contributed by atoms with E-state index in [0.717, 1.165) is 22.4 Å². The summed E-state index contributed by atoms with van der Waals surface area (Å²) in [5.41, 5.74) is 10.5. The predicted molar refractivity (Wildman–Crippen MR) is 126 cm³/mol. The highest BCUT2D eigenvalue weighted by atomic mass is 32.2. The second-order valence-corrected chi connectivity index (χ2v) is 9.68. The van der Waals surface area contributed by atoms with Gasteiger partial charge in [-0.1, -0.05) is 83.6 Å². The van der Waals surface area contributed by atoms with Gasteiger partial charge in [-0.2, -0.15) is 11.8 Å². The van der Waals surface area contributed by atoms with Crippen molar-refractivity contribution in [2.24, 2.45) is 5.92 Å². The highest BCUT2D eigenvalue weighted by Gasteiger charge is 2.42. The molecule has 174 valence electrons. The molecule has 0 saturated carbocycles. The molecule has 1 aliphatic heterocycles. The second-order valence-electron chi connectivity index (χ2n) is 8.45. The van der Waals surface area contributed by atoms with Crippen molar-refractivity contribution in [3.05, 3.63) is 83.2 Å². The van der Waals surface area contributed by atoms with Gasteiger partial charge in [0.15, 0.2) is 5.70 Å². The van der Waals surface area contributed by atoms with Crippen LogP contribution < -0.4 is 5.11 Å². The van der Waals surface area contributed by atoms with E-state index in [1.54, 1.807) is 36.0 Å². The van der Waals surface area contributed by atoms with E-state index in [2.05, 4.69) is 0 Å². The van der Waals surface area contributed by atoms with E-state index in [9.17, 15) is 19.8 Å². The molecule has 0 amide bonds. The molecule has 0 aromatic heterocycles. The van der Waals surface area contributed by atoms with Gasteiger partial charge in [-0.15, -0.1) is 0 Å². The first kappa shape index (κ1) is 24.7. The lowest BCUT2D eigenvalue weighted by Gasteiger charge is -2.29. The summed E-state index contributed by atoms with van der Waals surface area (Å²) in [6.07, 6.45) is 1.50. The monoisotopic (exact) mass is 466 g/mol. The zero-order chi connectivity index (χ0) is 23.8. The highest BCUT2D eigenvalue weighted by molar-refractivity contribution is 7.99. The molecule has 0 spiro atoms. The van der Waals surface area contributed by atoms with Crippen LogP contribution in [0.4, 0.5) is 0 Å². The molecule has 6 nitrogen and oxygen atoms in total. The Kier molecular flexibility index (Phi) is 8.83. The number of hydrogen-bond acceptors (Lipinski definition) is 5. The number of carboxylic acids is 1. The number of ketones is 1. The Morgan fingerprint density at radius 3 is 2.39 bits per heavy atom. The van der Waals surface area contributed by atoms with Gasteiger partial charge in [0.1, 0.15) is 0 Å². The van der Waals surface area contributed by atoms with Gasteiger partial charge in [-0.05, 0) is 30.1 Å². The first-order valence-electron chi connectivity index (χ1n) is 11.2. The summed E-state index contributed by atoms with van der Waals surface area (Å²) in [6, 6.07) is 17.9. The number of carboxylic acid groups (broad SMARTS) is 1. The number of nitrogens with zero attached hydrogens (tertiary/aromatic N) is 1. The Hall–Kier alpha value is -2.93. The Morgan fingerprint density at radius 1 is 1.12 bits per heavy atom. The summed E-state index contributed by atoms with van der Waals surface area (Å²) >= 11 is 1.65. The number of nitrogens with one attached hydrogen (secondary N) is 1. The second kappa shape index (κ2) is 11.8. The summed E-state index contributed by atoms with van der Waals surface area (Å²) in [5, 5.41) is 21.9. The molecule has 3 atom stereocenters. The third-order valence-corrected chi connectivity index (χ3v) is 7.07. The summed E-state index contributed by atoms with van der Waals surface area (Å²) in [5.74, 6) is 0.118. The van der Waals surface area contributed by atoms with Crippen molar-refractivity contribution in [2.75, 3.05) is 11.5 Å². The van der Waals surface area contributed by atoms with Gasteiger partial charge in [0.2, 0.25) is 11.8 Å². The lowest BCUT2D eigenvalue weighted by atomic mass is 9.86. The number of rotatable bonds is 11. The molecule has 7 heteroatoms. The topological polar surface area (TPSA) is 104 Å². The molecule has 1 heterocycles. The summed E-state index contributed by atoms with van der Waals surface area (Å²) in [4.78, 5) is 24.3. The van der Waals surface area contributed by atoms with Gasteiger partial charge in [-0.25, -0.2) is 0 Å². The number of carbonyl (C=O) groups excluding carboxylic acids is 1. The molecule has 2 N–H and O–H groups in total. The quantitative estimate of drug-likeness (QED) is 0.285. The molecule has 0 aliphatic carbocycles. The van der Waals surface area contributed by atoms with Crippen molar-refractivity contribution in [3.63, 3.8) is 0 Å². The normalized spacial score (nSPS) is 19.4. The van der Waals surface area contributed by atoms with E-state index in [0.29, 0.717) is 23.4 Å². The third-order valence-electron chi connectivity index (χ3n) is 6.05. The molecular weight excluding hydrogens is 436 g/mol. The Bertz CT molecular complexity index is 1010. The molecular formula is C26H30N2O4S. The van der Waals surface area contributed by atoms with Gasteiger partial charge >= 0.3 is 5.97 Å². The van der Waals surface area contributed by atoms with E-state index in [1.807, 2.05) is 43.3 Å². The van der Waals surface area contributed by atoms with Gasteiger partial charge in [0.05, 0.1) is 6.42 Å². The average Bonchev–Trinajstić information content (AvgIpc) is 2.80. The number of aliphatic carboxylic acids is 1. The van der Waals surface area contributed by atoms with Crippen LogP contribution in [0.5, 0.6) is 0 Å². The summed E-state index contributed by atoms with van der Waals surface area (Å²) in [6.45, 7) is 1.85. The van der Waals surface area contributed by atoms with E-state index in [-0.39, 0.29) is 36.2 Å². The minimum absolute atomic E-state index is 0.0541. The number of carbonyl (C=O) groups is 2. The third kappa shape index (κ3) is 6.54. The van der Waals surface area contributed by atoms with Crippen LogP contribution in [-0.4, -0.2) is 39.1 Å². The maximum absolute atomic E-state index is 13.0. The van der Waals surface area contributed by atoms with Crippen molar-refractivity contribution in [3.8, 4) is 0 Å². The largest absolute Gasteiger partial charge is 0.871 e. The SMILES string of the molecule is CC1CC([O-])=C(CCSCCC(CC(=O)O)c2ccccc2)[N+](=N)C1C(=O)c1ccccc1. The van der Waals surface area contributed by atoms with Crippen LogP contribution in [0.3, 0.4) is 0 Å². The van der Waals surface area contributed by atoms with Crippen LogP contribution in [-0.2, 0) is 4.79 Å². The molecule has 1 aliphatic rings. The van der Waals surface area contributed by atoms with Crippen LogP contribution in [0.2, 0.25) is 0 Å². The fourth-order valence-electron chi connectivity index (χ4n) is 4.31. The van der Waals surface area contributed by atoms with Crippen molar-refractivity contribution in [1.82, 2.24) is 0 Å². The number of Topliss-reactive ketones (excluding diaryl/α,β-unsaturated/α-hetero) is 1. The standard InChI is InChI=1S/C26H30N2O4S/c1-18-16-23(29)22(28(27)25(18)26(32)20-10-6-3-7-11-20)13-15-33-14-12-21(17-24(30)31)19-8-4-2-5-9-19/h2-11,18,21,25H,12-17H2,1H3,(H2-,27,29,30,31). The molecule has 3 unspecified atom stereocenters. The van der Waals surface area contributed by atoms with Crippen LogP contribution >= 0.6 is 11.8 Å². The number of allylic oxidation sites excluding steroid dienone is 2. The zero-order valence-corrected chi connectivity index (χ0v) is 19.6. The van der Waals surface area contributed by atoms with E-state index in [1.165, 1.54) is 0 Å².